The van der Waals surface area contributed by atoms with Gasteiger partial charge in [0.25, 0.3) is 0 Å². The summed E-state index contributed by atoms with van der Waals surface area (Å²) in [7, 11) is 0. The maximum absolute atomic E-state index is 5.73. The van der Waals surface area contributed by atoms with E-state index in [9.17, 15) is 0 Å². The number of thiocarbonyl (C=S) groups is 1. The first kappa shape index (κ1) is 14.5. The number of anilines is 1. The second kappa shape index (κ2) is 6.36. The molecule has 1 unspecified atom stereocenters. The van der Waals surface area contributed by atoms with E-state index in [1.54, 1.807) is 0 Å². The molecule has 0 saturated heterocycles. The minimum Gasteiger partial charge on any atom is -0.389 e. The van der Waals surface area contributed by atoms with Crippen molar-refractivity contribution in [3.05, 3.63) is 28.2 Å². The summed E-state index contributed by atoms with van der Waals surface area (Å²) >= 11 is 8.54. The van der Waals surface area contributed by atoms with Gasteiger partial charge < -0.3 is 11.1 Å². The average Bonchev–Trinajstić information content (AvgIpc) is 2.25. The van der Waals surface area contributed by atoms with Gasteiger partial charge in [0.1, 0.15) is 4.99 Å². The molecule has 2 nitrogen and oxygen atoms in total. The summed E-state index contributed by atoms with van der Waals surface area (Å²) in [6, 6.07) is 6.36. The fourth-order valence-electron chi connectivity index (χ4n) is 1.79. The highest BCUT2D eigenvalue weighted by atomic mass is 79.9. The van der Waals surface area contributed by atoms with Crippen molar-refractivity contribution in [2.45, 2.75) is 33.2 Å². The van der Waals surface area contributed by atoms with Crippen molar-refractivity contribution in [3.8, 4) is 0 Å². The van der Waals surface area contributed by atoms with Gasteiger partial charge in [-0.05, 0) is 30.5 Å². The zero-order chi connectivity index (χ0) is 13.0. The number of hydrogen-bond donors (Lipinski definition) is 2. The Labute approximate surface area is 117 Å². The Morgan fingerprint density at radius 3 is 2.59 bits per heavy atom. The zero-order valence-corrected chi connectivity index (χ0v) is 12.9. The molecule has 0 fully saturated rings. The zero-order valence-electron chi connectivity index (χ0n) is 10.5. The van der Waals surface area contributed by atoms with Crippen LogP contribution in [0.25, 0.3) is 0 Å². The van der Waals surface area contributed by atoms with Crippen molar-refractivity contribution >= 4 is 38.8 Å². The number of nitrogens with one attached hydrogen (secondary N) is 1. The summed E-state index contributed by atoms with van der Waals surface area (Å²) in [6.07, 6.45) is 1.07. The van der Waals surface area contributed by atoms with E-state index in [-0.39, 0.29) is 0 Å². The van der Waals surface area contributed by atoms with Gasteiger partial charge in [-0.3, -0.25) is 0 Å². The van der Waals surface area contributed by atoms with E-state index < -0.39 is 0 Å². The summed E-state index contributed by atoms with van der Waals surface area (Å²) in [5.41, 5.74) is 7.65. The van der Waals surface area contributed by atoms with Crippen LogP contribution in [-0.2, 0) is 0 Å². The summed E-state index contributed by atoms with van der Waals surface area (Å²) in [4.78, 5) is 0.429. The number of nitrogens with two attached hydrogens (primary N) is 1. The van der Waals surface area contributed by atoms with Gasteiger partial charge in [-0.2, -0.15) is 0 Å². The lowest BCUT2D eigenvalue weighted by Crippen LogP contribution is -2.26. The summed E-state index contributed by atoms with van der Waals surface area (Å²) in [6.45, 7) is 6.59. The molecule has 3 N–H and O–H groups in total. The van der Waals surface area contributed by atoms with Gasteiger partial charge >= 0.3 is 0 Å². The van der Waals surface area contributed by atoms with E-state index in [4.69, 9.17) is 18.0 Å². The van der Waals surface area contributed by atoms with E-state index in [2.05, 4.69) is 42.0 Å². The molecule has 94 valence electrons. The lowest BCUT2D eigenvalue weighted by molar-refractivity contribution is 0.511. The molecule has 0 bridgehead atoms. The van der Waals surface area contributed by atoms with E-state index in [0.29, 0.717) is 16.9 Å². The normalized spacial score (nSPS) is 12.5. The monoisotopic (exact) mass is 314 g/mol. The predicted molar refractivity (Wildman–Crippen MR) is 82.6 cm³/mol. The molecule has 1 atom stereocenters. The summed E-state index contributed by atoms with van der Waals surface area (Å²) in [5, 5.41) is 3.52. The molecule has 1 aromatic rings. The van der Waals surface area contributed by atoms with Crippen molar-refractivity contribution in [3.63, 3.8) is 0 Å². The van der Waals surface area contributed by atoms with Gasteiger partial charge in [0.05, 0.1) is 0 Å². The van der Waals surface area contributed by atoms with Crippen LogP contribution in [0.15, 0.2) is 22.7 Å². The van der Waals surface area contributed by atoms with Crippen LogP contribution in [-0.4, -0.2) is 11.0 Å². The number of rotatable bonds is 5. The molecule has 0 aliphatic carbocycles. The standard InChI is InChI=1S/C13H19BrN2S/c1-4-11(8(2)3)16-12-7-9(14)5-6-10(12)13(15)17/h5-8,11,16H,4H2,1-3H3,(H2,15,17). The molecule has 1 aromatic carbocycles. The molecule has 1 rings (SSSR count). The predicted octanol–water partition coefficient (Wildman–Crippen LogP) is 3.93. The second-order valence-electron chi connectivity index (χ2n) is 4.46. The smallest absolute Gasteiger partial charge is 0.106 e. The summed E-state index contributed by atoms with van der Waals surface area (Å²) < 4.78 is 1.03. The Morgan fingerprint density at radius 2 is 2.12 bits per heavy atom. The molecule has 0 amide bonds. The van der Waals surface area contributed by atoms with Gasteiger partial charge in [-0.15, -0.1) is 0 Å². The first-order valence-corrected chi connectivity index (χ1v) is 7.01. The topological polar surface area (TPSA) is 38.0 Å². The molecule has 0 aliphatic heterocycles. The lowest BCUT2D eigenvalue weighted by atomic mass is 10.0. The quantitative estimate of drug-likeness (QED) is 0.809. The van der Waals surface area contributed by atoms with Crippen LogP contribution in [0.4, 0.5) is 5.69 Å². The largest absolute Gasteiger partial charge is 0.389 e. The molecule has 0 radical (unpaired) electrons. The Kier molecular flexibility index (Phi) is 5.40. The average molecular weight is 315 g/mol. The Hall–Kier alpha value is -0.610. The second-order valence-corrected chi connectivity index (χ2v) is 5.81. The highest BCUT2D eigenvalue weighted by molar-refractivity contribution is 9.10. The van der Waals surface area contributed by atoms with Gasteiger partial charge in [0, 0.05) is 21.8 Å². The Morgan fingerprint density at radius 1 is 1.47 bits per heavy atom. The van der Waals surface area contributed by atoms with E-state index in [1.807, 2.05) is 18.2 Å². The first-order valence-electron chi connectivity index (χ1n) is 5.81. The van der Waals surface area contributed by atoms with E-state index in [1.165, 1.54) is 0 Å². The van der Waals surface area contributed by atoms with Gasteiger partial charge in [0.2, 0.25) is 0 Å². The Bertz CT molecular complexity index is 404. The Balaban J connectivity index is 3.03. The van der Waals surface area contributed by atoms with Crippen molar-refractivity contribution in [2.24, 2.45) is 11.7 Å². The number of halogens is 1. The molecule has 0 aliphatic rings. The molecule has 0 aromatic heterocycles. The fourth-order valence-corrected chi connectivity index (χ4v) is 2.33. The molecule has 0 spiro atoms. The van der Waals surface area contributed by atoms with Crippen molar-refractivity contribution in [1.82, 2.24) is 0 Å². The van der Waals surface area contributed by atoms with Gasteiger partial charge in [-0.25, -0.2) is 0 Å². The number of hydrogen-bond acceptors (Lipinski definition) is 2. The SMILES string of the molecule is CCC(Nc1cc(Br)ccc1C(N)=S)C(C)C. The molecule has 17 heavy (non-hydrogen) atoms. The van der Waals surface area contributed by atoms with Crippen LogP contribution < -0.4 is 11.1 Å². The molecular weight excluding hydrogens is 296 g/mol. The maximum Gasteiger partial charge on any atom is 0.106 e. The van der Waals surface area contributed by atoms with Crippen molar-refractivity contribution in [2.75, 3.05) is 5.32 Å². The maximum atomic E-state index is 5.73. The van der Waals surface area contributed by atoms with Crippen LogP contribution in [0, 0.1) is 5.92 Å². The molecule has 4 heteroatoms. The minimum absolute atomic E-state index is 0.428. The van der Waals surface area contributed by atoms with E-state index in [0.717, 1.165) is 22.1 Å². The van der Waals surface area contributed by atoms with Crippen LogP contribution in [0.1, 0.15) is 32.8 Å². The lowest BCUT2D eigenvalue weighted by Gasteiger charge is -2.23. The fraction of sp³-hybridized carbons (Fsp3) is 0.462. The van der Waals surface area contributed by atoms with Crippen LogP contribution in [0.5, 0.6) is 0 Å². The number of benzene rings is 1. The van der Waals surface area contributed by atoms with Crippen LogP contribution >= 0.6 is 28.1 Å². The molecule has 0 saturated carbocycles. The third kappa shape index (κ3) is 3.96. The van der Waals surface area contributed by atoms with E-state index >= 15 is 0 Å². The third-order valence-corrected chi connectivity index (χ3v) is 3.55. The highest BCUT2D eigenvalue weighted by Crippen LogP contribution is 2.24. The van der Waals surface area contributed by atoms with Gasteiger partial charge in [0.15, 0.2) is 0 Å². The highest BCUT2D eigenvalue weighted by Gasteiger charge is 2.13. The van der Waals surface area contributed by atoms with Crippen LogP contribution in [0.2, 0.25) is 0 Å². The third-order valence-electron chi connectivity index (χ3n) is 2.83. The van der Waals surface area contributed by atoms with Crippen LogP contribution in [0.3, 0.4) is 0 Å². The molecular formula is C13H19BrN2S. The van der Waals surface area contributed by atoms with Crippen molar-refractivity contribution < 1.29 is 0 Å². The molecule has 0 heterocycles. The van der Waals surface area contributed by atoms with Gasteiger partial charge in [-0.1, -0.05) is 48.9 Å². The van der Waals surface area contributed by atoms with Crippen molar-refractivity contribution in [1.29, 1.82) is 0 Å². The summed E-state index contributed by atoms with van der Waals surface area (Å²) in [5.74, 6) is 0.568. The first-order chi connectivity index (χ1) is 7.95. The minimum atomic E-state index is 0.428.